The summed E-state index contributed by atoms with van der Waals surface area (Å²) < 4.78 is 32.6. The van der Waals surface area contributed by atoms with E-state index in [1.807, 2.05) is 6.08 Å². The van der Waals surface area contributed by atoms with Gasteiger partial charge in [0, 0.05) is 19.4 Å². The van der Waals surface area contributed by atoms with Crippen molar-refractivity contribution in [2.45, 2.75) is 187 Å². The SMILES string of the molecule is CCCCCCCCCCCCC/C=C/CCC(=O)O[C@H](COC(=O)CCCCCCCCCCCCC)COP(=O)(O)OCCN. The molecule has 47 heavy (non-hydrogen) atoms. The van der Waals surface area contributed by atoms with Crippen LogP contribution in [0.2, 0.25) is 0 Å². The second-order valence-corrected chi connectivity index (χ2v) is 14.3. The van der Waals surface area contributed by atoms with Gasteiger partial charge in [0.15, 0.2) is 6.10 Å². The minimum atomic E-state index is -4.37. The smallest absolute Gasteiger partial charge is 0.462 e. The molecule has 0 aliphatic heterocycles. The number of hydrogen-bond donors (Lipinski definition) is 2. The first-order chi connectivity index (χ1) is 22.8. The standard InChI is InChI=1S/C37H72NO8P/c1-3-5-7-9-11-13-15-16-17-18-20-22-24-26-28-30-37(40)46-35(34-45-47(41,42)44-32-31-38)33-43-36(39)29-27-25-23-21-19-14-12-10-8-6-4-2/h24,26,35H,3-23,25,27-34,38H2,1-2H3,(H,41,42)/b26-24+/t35-/m1/s1. The number of carbonyl (C=O) groups excluding carboxylic acids is 2. The average Bonchev–Trinajstić information content (AvgIpc) is 3.05. The van der Waals surface area contributed by atoms with Gasteiger partial charge < -0.3 is 20.1 Å². The van der Waals surface area contributed by atoms with Gasteiger partial charge in [-0.3, -0.25) is 18.6 Å². The largest absolute Gasteiger partial charge is 0.472 e. The lowest BCUT2D eigenvalue weighted by molar-refractivity contribution is -0.161. The fraction of sp³-hybridized carbons (Fsp3) is 0.892. The predicted molar refractivity (Wildman–Crippen MR) is 192 cm³/mol. The molecule has 0 fully saturated rings. The van der Waals surface area contributed by atoms with E-state index in [1.54, 1.807) is 0 Å². The van der Waals surface area contributed by atoms with Gasteiger partial charge in [-0.05, 0) is 25.7 Å². The summed E-state index contributed by atoms with van der Waals surface area (Å²) in [5.41, 5.74) is 5.32. The van der Waals surface area contributed by atoms with Crippen LogP contribution in [0.25, 0.3) is 0 Å². The number of phosphoric ester groups is 1. The first kappa shape index (κ1) is 45.8. The molecule has 10 heteroatoms. The monoisotopic (exact) mass is 689 g/mol. The van der Waals surface area contributed by atoms with Crippen LogP contribution < -0.4 is 5.73 Å². The Hall–Kier alpha value is -1.25. The molecule has 0 spiro atoms. The second kappa shape index (κ2) is 34.6. The first-order valence-electron chi connectivity index (χ1n) is 19.2. The second-order valence-electron chi connectivity index (χ2n) is 12.8. The molecular formula is C37H72NO8P. The van der Waals surface area contributed by atoms with Crippen LogP contribution in [-0.4, -0.2) is 49.3 Å². The fourth-order valence-corrected chi connectivity index (χ4v) is 6.06. The Balaban J connectivity index is 4.25. The zero-order chi connectivity index (χ0) is 34.7. The van der Waals surface area contributed by atoms with Crippen LogP contribution in [0.5, 0.6) is 0 Å². The molecule has 0 bridgehead atoms. The molecular weight excluding hydrogens is 617 g/mol. The Kier molecular flexibility index (Phi) is 33.7. The Morgan fingerprint density at radius 2 is 1.09 bits per heavy atom. The lowest BCUT2D eigenvalue weighted by atomic mass is 10.1. The maximum absolute atomic E-state index is 12.5. The fourth-order valence-electron chi connectivity index (χ4n) is 5.30. The molecule has 0 aromatic carbocycles. The van der Waals surface area contributed by atoms with Crippen molar-refractivity contribution in [3.05, 3.63) is 12.2 Å². The third-order valence-corrected chi connectivity index (χ3v) is 9.15. The normalized spacial score (nSPS) is 13.5. The molecule has 0 aromatic heterocycles. The summed E-state index contributed by atoms with van der Waals surface area (Å²) in [6.07, 6.45) is 32.5. The number of allylic oxidation sites excluding steroid dienone is 2. The third kappa shape index (κ3) is 34.4. The van der Waals surface area contributed by atoms with Gasteiger partial charge in [0.2, 0.25) is 0 Å². The number of nitrogens with two attached hydrogens (primary N) is 1. The van der Waals surface area contributed by atoms with Gasteiger partial charge >= 0.3 is 19.8 Å². The maximum Gasteiger partial charge on any atom is 0.472 e. The van der Waals surface area contributed by atoms with Gasteiger partial charge in [-0.15, -0.1) is 0 Å². The first-order valence-corrected chi connectivity index (χ1v) is 20.7. The van der Waals surface area contributed by atoms with Crippen molar-refractivity contribution >= 4 is 19.8 Å². The average molecular weight is 690 g/mol. The Bertz CT molecular complexity index is 794. The van der Waals surface area contributed by atoms with Crippen LogP contribution in [-0.2, 0) is 32.7 Å². The van der Waals surface area contributed by atoms with Crippen LogP contribution in [0.1, 0.15) is 181 Å². The van der Waals surface area contributed by atoms with Crippen molar-refractivity contribution in [3.8, 4) is 0 Å². The zero-order valence-electron chi connectivity index (χ0n) is 30.3. The van der Waals surface area contributed by atoms with E-state index in [2.05, 4.69) is 19.9 Å². The van der Waals surface area contributed by atoms with E-state index >= 15 is 0 Å². The summed E-state index contributed by atoms with van der Waals surface area (Å²) in [5, 5.41) is 0. The van der Waals surface area contributed by atoms with E-state index in [0.29, 0.717) is 6.42 Å². The molecule has 0 saturated carbocycles. The molecule has 0 amide bonds. The quantitative estimate of drug-likeness (QED) is 0.0285. The molecule has 0 aromatic rings. The van der Waals surface area contributed by atoms with Gasteiger partial charge in [0.1, 0.15) is 6.61 Å². The lowest BCUT2D eigenvalue weighted by Gasteiger charge is -2.19. The van der Waals surface area contributed by atoms with E-state index in [0.717, 1.165) is 32.1 Å². The molecule has 9 nitrogen and oxygen atoms in total. The number of rotatable bonds is 36. The number of ether oxygens (including phenoxy) is 2. The predicted octanol–water partition coefficient (Wildman–Crippen LogP) is 10.3. The highest BCUT2D eigenvalue weighted by Crippen LogP contribution is 2.43. The molecule has 3 N–H and O–H groups in total. The van der Waals surface area contributed by atoms with Crippen LogP contribution in [0.3, 0.4) is 0 Å². The molecule has 0 heterocycles. The summed E-state index contributed by atoms with van der Waals surface area (Å²) >= 11 is 0. The highest BCUT2D eigenvalue weighted by atomic mass is 31.2. The van der Waals surface area contributed by atoms with Gasteiger partial charge in [0.25, 0.3) is 0 Å². The van der Waals surface area contributed by atoms with Crippen molar-refractivity contribution in [2.24, 2.45) is 5.73 Å². The Morgan fingerprint density at radius 3 is 1.60 bits per heavy atom. The van der Waals surface area contributed by atoms with Gasteiger partial charge in [-0.25, -0.2) is 4.57 Å². The maximum atomic E-state index is 12.5. The van der Waals surface area contributed by atoms with Crippen molar-refractivity contribution in [1.29, 1.82) is 0 Å². The summed E-state index contributed by atoms with van der Waals surface area (Å²) in [4.78, 5) is 34.6. The summed E-state index contributed by atoms with van der Waals surface area (Å²) in [5.74, 6) is -0.881. The topological polar surface area (TPSA) is 134 Å². The summed E-state index contributed by atoms with van der Waals surface area (Å²) in [6, 6.07) is 0. The molecule has 0 radical (unpaired) electrons. The molecule has 2 atom stereocenters. The van der Waals surface area contributed by atoms with Gasteiger partial charge in [-0.2, -0.15) is 0 Å². The molecule has 0 aliphatic rings. The van der Waals surface area contributed by atoms with Crippen molar-refractivity contribution in [3.63, 3.8) is 0 Å². The van der Waals surface area contributed by atoms with E-state index in [9.17, 15) is 19.0 Å². The number of hydrogen-bond acceptors (Lipinski definition) is 8. The molecule has 0 aliphatic carbocycles. The number of esters is 2. The molecule has 1 unspecified atom stereocenters. The zero-order valence-corrected chi connectivity index (χ0v) is 31.2. The highest BCUT2D eigenvalue weighted by molar-refractivity contribution is 7.47. The summed E-state index contributed by atoms with van der Waals surface area (Å²) in [6.45, 7) is 3.68. The van der Waals surface area contributed by atoms with Crippen molar-refractivity contribution in [2.75, 3.05) is 26.4 Å². The van der Waals surface area contributed by atoms with Gasteiger partial charge in [0.05, 0.1) is 13.2 Å². The number of unbranched alkanes of at least 4 members (excludes halogenated alkanes) is 21. The minimum absolute atomic E-state index is 0.0513. The van der Waals surface area contributed by atoms with Crippen molar-refractivity contribution < 1.29 is 37.6 Å². The van der Waals surface area contributed by atoms with E-state index in [-0.39, 0.29) is 38.6 Å². The minimum Gasteiger partial charge on any atom is -0.462 e. The number of carbonyl (C=O) groups is 2. The highest BCUT2D eigenvalue weighted by Gasteiger charge is 2.25. The Morgan fingerprint density at radius 1 is 0.617 bits per heavy atom. The lowest BCUT2D eigenvalue weighted by Crippen LogP contribution is -2.29. The van der Waals surface area contributed by atoms with Crippen LogP contribution in [0, 0.1) is 0 Å². The van der Waals surface area contributed by atoms with E-state index in [4.69, 9.17) is 24.3 Å². The van der Waals surface area contributed by atoms with Crippen molar-refractivity contribution in [1.82, 2.24) is 0 Å². The molecule has 0 rings (SSSR count). The Labute approximate surface area is 288 Å². The summed E-state index contributed by atoms with van der Waals surface area (Å²) in [7, 11) is -4.37. The number of phosphoric acid groups is 1. The third-order valence-electron chi connectivity index (χ3n) is 8.16. The molecule has 0 saturated heterocycles. The van der Waals surface area contributed by atoms with E-state index < -0.39 is 26.5 Å². The van der Waals surface area contributed by atoms with Crippen LogP contribution >= 0.6 is 7.82 Å². The van der Waals surface area contributed by atoms with Crippen LogP contribution in [0.4, 0.5) is 0 Å². The molecule has 278 valence electrons. The van der Waals surface area contributed by atoms with Crippen LogP contribution in [0.15, 0.2) is 12.2 Å². The van der Waals surface area contributed by atoms with Gasteiger partial charge in [-0.1, -0.05) is 154 Å². The van der Waals surface area contributed by atoms with E-state index in [1.165, 1.54) is 116 Å².